The molecule has 2 aliphatic rings. The molecule has 2 saturated heterocycles. The second-order valence-corrected chi connectivity index (χ2v) is 7.26. The number of fused-ring (bicyclic) bond motifs is 2. The summed E-state index contributed by atoms with van der Waals surface area (Å²) in [7, 11) is 0. The van der Waals surface area contributed by atoms with E-state index in [1.54, 1.807) is 18.6 Å². The van der Waals surface area contributed by atoms with Crippen molar-refractivity contribution in [3.8, 4) is 16.9 Å². The maximum absolute atomic E-state index is 10.3. The largest absolute Gasteiger partial charge is 0.491 e. The second-order valence-electron chi connectivity index (χ2n) is 6.83. The van der Waals surface area contributed by atoms with Crippen LogP contribution < -0.4 is 4.74 Å². The fourth-order valence-electron chi connectivity index (χ4n) is 3.63. The van der Waals surface area contributed by atoms with Gasteiger partial charge in [0.2, 0.25) is 0 Å². The van der Waals surface area contributed by atoms with E-state index in [0.29, 0.717) is 29.5 Å². The van der Waals surface area contributed by atoms with Crippen LogP contribution >= 0.6 is 11.6 Å². The van der Waals surface area contributed by atoms with Crippen LogP contribution in [0.15, 0.2) is 41.2 Å². The molecule has 0 spiro atoms. The lowest BCUT2D eigenvalue weighted by Crippen LogP contribution is -2.46. The van der Waals surface area contributed by atoms with Crippen LogP contribution in [-0.4, -0.2) is 54.6 Å². The van der Waals surface area contributed by atoms with Gasteiger partial charge in [0, 0.05) is 30.2 Å². The molecule has 1 N–H and O–H groups in total. The molecule has 4 rings (SSSR count). The lowest BCUT2D eigenvalue weighted by Gasteiger charge is -2.33. The zero-order valence-corrected chi connectivity index (χ0v) is 14.7. The number of likely N-dealkylation sites (tertiary alicyclic amines) is 1. The maximum Gasteiger partial charge on any atom is 0.121 e. The molecule has 3 heterocycles. The Hall–Kier alpha value is -1.53. The van der Waals surface area contributed by atoms with Crippen LogP contribution in [0.3, 0.4) is 0 Å². The first-order chi connectivity index (χ1) is 12.2. The minimum Gasteiger partial charge on any atom is -0.491 e. The summed E-state index contributed by atoms with van der Waals surface area (Å²) >= 11 is 6.18. The topological polar surface area (TPSA) is 55.1 Å². The lowest BCUT2D eigenvalue weighted by molar-refractivity contribution is -0.0528. The minimum atomic E-state index is -0.547. The number of benzene rings is 1. The predicted molar refractivity (Wildman–Crippen MR) is 95.0 cm³/mol. The summed E-state index contributed by atoms with van der Waals surface area (Å²) in [5.74, 6) is 0.643. The lowest BCUT2D eigenvalue weighted by atomic mass is 10.1. The van der Waals surface area contributed by atoms with Gasteiger partial charge < -0.3 is 19.0 Å². The van der Waals surface area contributed by atoms with E-state index in [-0.39, 0.29) is 6.61 Å². The molecule has 2 aliphatic heterocycles. The Bertz CT molecular complexity index is 693. The van der Waals surface area contributed by atoms with Gasteiger partial charge in [-0.3, -0.25) is 4.90 Å². The highest BCUT2D eigenvalue weighted by atomic mass is 35.5. The van der Waals surface area contributed by atoms with E-state index in [9.17, 15) is 5.11 Å². The molecule has 1 aromatic carbocycles. The normalized spacial score (nSPS) is 24.4. The van der Waals surface area contributed by atoms with Crippen LogP contribution in [0.5, 0.6) is 5.75 Å². The number of halogens is 1. The number of hydrogen-bond acceptors (Lipinski definition) is 5. The van der Waals surface area contributed by atoms with Gasteiger partial charge in [-0.25, -0.2) is 0 Å². The highest BCUT2D eigenvalue weighted by molar-refractivity contribution is 6.31. The van der Waals surface area contributed by atoms with Crippen molar-refractivity contribution in [1.82, 2.24) is 4.90 Å². The van der Waals surface area contributed by atoms with Crippen molar-refractivity contribution in [2.45, 2.75) is 31.2 Å². The van der Waals surface area contributed by atoms with Gasteiger partial charge in [0.1, 0.15) is 18.5 Å². The second kappa shape index (κ2) is 7.38. The fourth-order valence-corrected chi connectivity index (χ4v) is 3.86. The number of rotatable bonds is 6. The van der Waals surface area contributed by atoms with Gasteiger partial charge in [-0.2, -0.15) is 0 Å². The van der Waals surface area contributed by atoms with Crippen LogP contribution in [0.4, 0.5) is 0 Å². The predicted octanol–water partition coefficient (Wildman–Crippen LogP) is 3.20. The van der Waals surface area contributed by atoms with Crippen molar-refractivity contribution >= 4 is 11.6 Å². The number of ether oxygens (including phenoxy) is 2. The van der Waals surface area contributed by atoms with Gasteiger partial charge in [0.15, 0.2) is 0 Å². The smallest absolute Gasteiger partial charge is 0.121 e. The Labute approximate surface area is 152 Å². The summed E-state index contributed by atoms with van der Waals surface area (Å²) < 4.78 is 16.7. The third kappa shape index (κ3) is 4.18. The van der Waals surface area contributed by atoms with Crippen molar-refractivity contribution in [3.05, 3.63) is 41.8 Å². The summed E-state index contributed by atoms with van der Waals surface area (Å²) in [6.45, 7) is 2.63. The van der Waals surface area contributed by atoms with E-state index in [2.05, 4.69) is 4.90 Å². The molecule has 6 heteroatoms. The monoisotopic (exact) mass is 363 g/mol. The highest BCUT2D eigenvalue weighted by Gasteiger charge is 2.34. The summed E-state index contributed by atoms with van der Waals surface area (Å²) in [6.07, 6.45) is 5.66. The number of β-amino-alcohol motifs (C(OH)–C–C–N with tert-alkyl or cyclic N) is 1. The van der Waals surface area contributed by atoms with Crippen LogP contribution in [0, 0.1) is 0 Å². The summed E-state index contributed by atoms with van der Waals surface area (Å²) in [5.41, 5.74) is 1.87. The van der Waals surface area contributed by atoms with Gasteiger partial charge in [0.05, 0.1) is 24.7 Å². The van der Waals surface area contributed by atoms with Crippen LogP contribution in [0.2, 0.25) is 5.02 Å². The van der Waals surface area contributed by atoms with E-state index in [4.69, 9.17) is 25.5 Å². The van der Waals surface area contributed by atoms with Crippen molar-refractivity contribution in [2.24, 2.45) is 0 Å². The van der Waals surface area contributed by atoms with Gasteiger partial charge in [-0.1, -0.05) is 11.6 Å². The minimum absolute atomic E-state index is 0.234. The molecular formula is C19H22ClNO4. The average Bonchev–Trinajstić information content (AvgIpc) is 3.22. The third-order valence-electron chi connectivity index (χ3n) is 4.76. The number of hydrogen-bond donors (Lipinski definition) is 1. The average molecular weight is 364 g/mol. The Balaban J connectivity index is 1.33. The van der Waals surface area contributed by atoms with Crippen molar-refractivity contribution < 1.29 is 19.0 Å². The first kappa shape index (κ1) is 16.9. The van der Waals surface area contributed by atoms with E-state index >= 15 is 0 Å². The standard InChI is InChI=1S/C19H22ClNO4/c20-15-5-14(13-3-4-23-11-13)6-19(7-15)24-12-16(22)8-21-9-17-1-2-18(10-21)25-17/h3-7,11,16-18,22H,1-2,8-10,12H2/t16?,17-,18+. The number of aliphatic hydroxyl groups excluding tert-OH is 1. The van der Waals surface area contributed by atoms with Crippen molar-refractivity contribution in [3.63, 3.8) is 0 Å². The third-order valence-corrected chi connectivity index (χ3v) is 4.97. The zero-order chi connectivity index (χ0) is 17.2. The Morgan fingerprint density at radius 1 is 1.20 bits per heavy atom. The fraction of sp³-hybridized carbons (Fsp3) is 0.474. The molecule has 0 aliphatic carbocycles. The summed E-state index contributed by atoms with van der Waals surface area (Å²) in [5, 5.41) is 10.9. The first-order valence-electron chi connectivity index (χ1n) is 8.67. The molecule has 0 amide bonds. The SMILES string of the molecule is OC(COc1cc(Cl)cc(-c2ccoc2)c1)CN1C[C@H]2CC[C@@H](C1)O2. The molecule has 1 aromatic heterocycles. The van der Waals surface area contributed by atoms with Gasteiger partial charge in [0.25, 0.3) is 0 Å². The number of aliphatic hydroxyl groups is 1. The van der Waals surface area contributed by atoms with Gasteiger partial charge in [-0.05, 0) is 42.7 Å². The van der Waals surface area contributed by atoms with E-state index in [1.165, 1.54) is 0 Å². The van der Waals surface area contributed by atoms with Gasteiger partial charge >= 0.3 is 0 Å². The summed E-state index contributed by atoms with van der Waals surface area (Å²) in [6, 6.07) is 7.39. The molecule has 25 heavy (non-hydrogen) atoms. The molecule has 1 unspecified atom stereocenters. The quantitative estimate of drug-likeness (QED) is 0.854. The molecular weight excluding hydrogens is 342 g/mol. The Morgan fingerprint density at radius 2 is 2.00 bits per heavy atom. The van der Waals surface area contributed by atoms with E-state index in [1.807, 2.05) is 18.2 Å². The molecule has 134 valence electrons. The van der Waals surface area contributed by atoms with Crippen LogP contribution in [0.1, 0.15) is 12.8 Å². The molecule has 2 fully saturated rings. The molecule has 0 saturated carbocycles. The number of morpholine rings is 1. The van der Waals surface area contributed by atoms with Crippen molar-refractivity contribution in [2.75, 3.05) is 26.2 Å². The molecule has 5 nitrogen and oxygen atoms in total. The van der Waals surface area contributed by atoms with E-state index < -0.39 is 6.10 Å². The van der Waals surface area contributed by atoms with E-state index in [0.717, 1.165) is 37.1 Å². The Kier molecular flexibility index (Phi) is 4.99. The first-order valence-corrected chi connectivity index (χ1v) is 9.05. The zero-order valence-electron chi connectivity index (χ0n) is 13.9. The molecule has 3 atom stereocenters. The highest BCUT2D eigenvalue weighted by Crippen LogP contribution is 2.29. The maximum atomic E-state index is 10.3. The van der Waals surface area contributed by atoms with Crippen LogP contribution in [0.25, 0.3) is 11.1 Å². The van der Waals surface area contributed by atoms with Crippen LogP contribution in [-0.2, 0) is 4.74 Å². The molecule has 2 aromatic rings. The Morgan fingerprint density at radius 3 is 2.72 bits per heavy atom. The van der Waals surface area contributed by atoms with Crippen molar-refractivity contribution in [1.29, 1.82) is 0 Å². The van der Waals surface area contributed by atoms with Gasteiger partial charge in [-0.15, -0.1) is 0 Å². The number of furan rings is 1. The molecule has 0 radical (unpaired) electrons. The molecule has 2 bridgehead atoms. The number of nitrogens with zero attached hydrogens (tertiary/aromatic N) is 1. The summed E-state index contributed by atoms with van der Waals surface area (Å²) in [4.78, 5) is 2.27.